The normalized spacial score (nSPS) is 28.2. The maximum Gasteiger partial charge on any atom is 0.370 e. The maximum atomic E-state index is 11.6. The van der Waals surface area contributed by atoms with E-state index in [0.29, 0.717) is 0 Å². The van der Waals surface area contributed by atoms with Crippen LogP contribution in [-0.2, 0) is 14.3 Å². The third-order valence-corrected chi connectivity index (χ3v) is 3.43. The van der Waals surface area contributed by atoms with Gasteiger partial charge in [-0.25, -0.2) is 4.79 Å². The molecule has 3 unspecified atom stereocenters. The molecule has 0 spiro atoms. The third kappa shape index (κ3) is 4.24. The molecule has 0 fully saturated rings. The molecule has 0 aromatic rings. The van der Waals surface area contributed by atoms with Crippen molar-refractivity contribution in [3.63, 3.8) is 0 Å². The first kappa shape index (κ1) is 17.6. The molecule has 0 radical (unpaired) electrons. The fourth-order valence-corrected chi connectivity index (χ4v) is 2.16. The van der Waals surface area contributed by atoms with Gasteiger partial charge < -0.3 is 30.3 Å². The Bertz CT molecular complexity index is 418. The van der Waals surface area contributed by atoms with Gasteiger partial charge in [0.2, 0.25) is 5.76 Å². The van der Waals surface area contributed by atoms with Crippen molar-refractivity contribution >= 4 is 11.8 Å². The lowest BCUT2D eigenvalue weighted by Gasteiger charge is -2.37. The number of hydrogen-bond acceptors (Lipinski definition) is 7. The Labute approximate surface area is 121 Å². The number of rotatable bonds is 7. The van der Waals surface area contributed by atoms with Crippen molar-refractivity contribution in [1.82, 2.24) is 0 Å². The fourth-order valence-electron chi connectivity index (χ4n) is 2.16. The highest BCUT2D eigenvalue weighted by Gasteiger charge is 2.42. The fraction of sp³-hybridized carbons (Fsp3) is 0.692. The molecular weight excluding hydrogens is 284 g/mol. The van der Waals surface area contributed by atoms with Crippen molar-refractivity contribution in [3.8, 4) is 0 Å². The number of hydrogen-bond donors (Lipinski definition) is 5. The number of aliphatic carboxylic acids is 1. The molecule has 0 saturated carbocycles. The summed E-state index contributed by atoms with van der Waals surface area (Å²) < 4.78 is 5.09. The molecule has 21 heavy (non-hydrogen) atoms. The summed E-state index contributed by atoms with van der Waals surface area (Å²) in [5.41, 5.74) is 0. The van der Waals surface area contributed by atoms with Crippen LogP contribution in [0.25, 0.3) is 0 Å². The van der Waals surface area contributed by atoms with Crippen molar-refractivity contribution in [2.24, 2.45) is 5.92 Å². The molecular formula is C13H20O8. The van der Waals surface area contributed by atoms with Crippen LogP contribution < -0.4 is 0 Å². The van der Waals surface area contributed by atoms with Gasteiger partial charge in [-0.1, -0.05) is 6.92 Å². The second kappa shape index (κ2) is 7.51. The van der Waals surface area contributed by atoms with E-state index < -0.39 is 48.7 Å². The van der Waals surface area contributed by atoms with E-state index in [0.717, 1.165) is 6.08 Å². The molecule has 1 heterocycles. The lowest BCUT2D eigenvalue weighted by molar-refractivity contribution is -0.154. The van der Waals surface area contributed by atoms with Crippen molar-refractivity contribution in [2.45, 2.75) is 44.2 Å². The lowest BCUT2D eigenvalue weighted by Crippen LogP contribution is -2.50. The zero-order valence-electron chi connectivity index (χ0n) is 11.5. The zero-order chi connectivity index (χ0) is 16.2. The number of ketones is 1. The van der Waals surface area contributed by atoms with E-state index in [1.807, 2.05) is 0 Å². The van der Waals surface area contributed by atoms with Crippen LogP contribution in [0.4, 0.5) is 0 Å². The molecule has 8 heteroatoms. The molecule has 120 valence electrons. The van der Waals surface area contributed by atoms with Crippen molar-refractivity contribution in [1.29, 1.82) is 0 Å². The van der Waals surface area contributed by atoms with E-state index in [1.54, 1.807) is 6.92 Å². The molecule has 0 aliphatic carbocycles. The molecule has 0 bridgehead atoms. The van der Waals surface area contributed by atoms with Crippen LogP contribution in [0.5, 0.6) is 0 Å². The minimum Gasteiger partial charge on any atom is -0.480 e. The van der Waals surface area contributed by atoms with Gasteiger partial charge in [0.15, 0.2) is 0 Å². The van der Waals surface area contributed by atoms with Crippen LogP contribution in [0.2, 0.25) is 0 Å². The Morgan fingerprint density at radius 3 is 2.48 bits per heavy atom. The summed E-state index contributed by atoms with van der Waals surface area (Å²) in [7, 11) is 0. The number of Topliss-reactive ketones (excluding diaryl/α,β-unsaturated/α-hetero) is 1. The summed E-state index contributed by atoms with van der Waals surface area (Å²) in [5.74, 6) is -3.12. The first-order valence-electron chi connectivity index (χ1n) is 6.60. The van der Waals surface area contributed by atoms with Crippen LogP contribution >= 0.6 is 0 Å². The highest BCUT2D eigenvalue weighted by atomic mass is 16.5. The summed E-state index contributed by atoms with van der Waals surface area (Å²) in [5, 5.41) is 47.2. The average Bonchev–Trinajstić information content (AvgIpc) is 2.46. The Balaban J connectivity index is 3.04. The van der Waals surface area contributed by atoms with Crippen LogP contribution in [0.15, 0.2) is 11.8 Å². The van der Waals surface area contributed by atoms with Crippen LogP contribution in [0, 0.1) is 5.92 Å². The molecule has 1 aliphatic heterocycles. The lowest BCUT2D eigenvalue weighted by atomic mass is 9.83. The average molecular weight is 304 g/mol. The van der Waals surface area contributed by atoms with E-state index >= 15 is 0 Å². The van der Waals surface area contributed by atoms with Gasteiger partial charge in [0.05, 0.1) is 12.7 Å². The highest BCUT2D eigenvalue weighted by Crippen LogP contribution is 2.30. The van der Waals surface area contributed by atoms with Gasteiger partial charge in [-0.3, -0.25) is 4.79 Å². The van der Waals surface area contributed by atoms with E-state index in [4.69, 9.17) is 14.9 Å². The van der Waals surface area contributed by atoms with E-state index in [2.05, 4.69) is 0 Å². The zero-order valence-corrected chi connectivity index (χ0v) is 11.5. The number of carbonyl (C=O) groups excluding carboxylic acids is 1. The van der Waals surface area contributed by atoms with Crippen LogP contribution in [-0.4, -0.2) is 68.3 Å². The molecule has 0 amide bonds. The third-order valence-electron chi connectivity index (χ3n) is 3.43. The minimum absolute atomic E-state index is 0.138. The van der Waals surface area contributed by atoms with E-state index in [-0.39, 0.29) is 18.6 Å². The molecule has 8 nitrogen and oxygen atoms in total. The molecule has 5 N–H and O–H groups in total. The van der Waals surface area contributed by atoms with Crippen LogP contribution in [0.3, 0.4) is 0 Å². The van der Waals surface area contributed by atoms with Gasteiger partial charge >= 0.3 is 5.97 Å². The quantitative estimate of drug-likeness (QED) is 0.379. The Hall–Kier alpha value is -1.48. The molecule has 0 saturated heterocycles. The van der Waals surface area contributed by atoms with E-state index in [1.165, 1.54) is 0 Å². The van der Waals surface area contributed by atoms with Crippen LogP contribution in [0.1, 0.15) is 19.8 Å². The first-order valence-corrected chi connectivity index (χ1v) is 6.60. The van der Waals surface area contributed by atoms with Gasteiger partial charge in [-0.15, -0.1) is 0 Å². The van der Waals surface area contributed by atoms with Gasteiger partial charge in [0, 0.05) is 18.8 Å². The van der Waals surface area contributed by atoms with Gasteiger partial charge in [0.25, 0.3) is 0 Å². The van der Waals surface area contributed by atoms with E-state index in [9.17, 15) is 24.9 Å². The summed E-state index contributed by atoms with van der Waals surface area (Å²) in [6.45, 7) is 0.864. The topological polar surface area (TPSA) is 145 Å². The molecule has 1 rings (SSSR count). The number of carbonyl (C=O) groups is 2. The smallest absolute Gasteiger partial charge is 0.370 e. The van der Waals surface area contributed by atoms with Crippen molar-refractivity contribution < 1.29 is 39.9 Å². The SMILES string of the molecule is CCC(=O)C[C@H]1C(C(O)C(O)CO)OC(C(=O)O)=C[C@H]1O. The predicted octanol–water partition coefficient (Wildman–Crippen LogP) is -1.59. The standard InChI is InChI=1S/C13H20O8/c1-2-6(15)3-7-8(16)4-10(13(19)20)21-12(7)11(18)9(17)5-14/h4,7-9,11-12,14,16-18H,2-3,5H2,1H3,(H,19,20)/t7-,8-,9?,11?,12?/m1/s1. The van der Waals surface area contributed by atoms with Gasteiger partial charge in [-0.05, 0) is 6.08 Å². The summed E-state index contributed by atoms with van der Waals surface area (Å²) in [4.78, 5) is 22.5. The number of aliphatic hydroxyl groups is 4. The predicted molar refractivity (Wildman–Crippen MR) is 69.1 cm³/mol. The largest absolute Gasteiger partial charge is 0.480 e. The number of carboxylic acids is 1. The van der Waals surface area contributed by atoms with Gasteiger partial charge in [0.1, 0.15) is 24.1 Å². The number of aliphatic hydroxyl groups excluding tert-OH is 4. The second-order valence-corrected chi connectivity index (χ2v) is 4.91. The summed E-state index contributed by atoms with van der Waals surface area (Å²) in [6, 6.07) is 0. The van der Waals surface area contributed by atoms with Crippen molar-refractivity contribution in [2.75, 3.05) is 6.61 Å². The second-order valence-electron chi connectivity index (χ2n) is 4.91. The summed E-state index contributed by atoms with van der Waals surface area (Å²) in [6.07, 6.45) is -4.81. The first-order chi connectivity index (χ1) is 9.81. The molecule has 5 atom stereocenters. The van der Waals surface area contributed by atoms with Crippen molar-refractivity contribution in [3.05, 3.63) is 11.8 Å². The maximum absolute atomic E-state index is 11.6. The summed E-state index contributed by atoms with van der Waals surface area (Å²) >= 11 is 0. The molecule has 0 aromatic heterocycles. The highest BCUT2D eigenvalue weighted by molar-refractivity contribution is 5.84. The molecule has 1 aliphatic rings. The monoisotopic (exact) mass is 304 g/mol. The Morgan fingerprint density at radius 1 is 1.38 bits per heavy atom. The number of carboxylic acid groups (broad SMARTS) is 1. The number of ether oxygens (including phenoxy) is 1. The van der Waals surface area contributed by atoms with Gasteiger partial charge in [-0.2, -0.15) is 0 Å². The Kier molecular flexibility index (Phi) is 6.28. The molecule has 0 aromatic carbocycles. The Morgan fingerprint density at radius 2 is 2.00 bits per heavy atom. The minimum atomic E-state index is -1.64.